The fourth-order valence-corrected chi connectivity index (χ4v) is 1.66. The zero-order valence-electron chi connectivity index (χ0n) is 10.4. The molecule has 0 radical (unpaired) electrons. The van der Waals surface area contributed by atoms with E-state index in [1.54, 1.807) is 0 Å². The van der Waals surface area contributed by atoms with Crippen molar-refractivity contribution in [2.75, 3.05) is 6.54 Å². The zero-order chi connectivity index (χ0) is 15.3. The number of carbonyl (C=O) groups is 2. The van der Waals surface area contributed by atoms with Gasteiger partial charge in [0.2, 0.25) is 0 Å². The number of rotatable bonds is 5. The molecule has 0 fully saturated rings. The van der Waals surface area contributed by atoms with Crippen molar-refractivity contribution in [3.8, 4) is 0 Å². The van der Waals surface area contributed by atoms with Crippen LogP contribution in [0.15, 0.2) is 36.6 Å². The number of aliphatic carboxylic acids is 1. The Kier molecular flexibility index (Phi) is 4.59. The highest BCUT2D eigenvalue weighted by atomic mass is 16.6. The van der Waals surface area contributed by atoms with E-state index < -0.39 is 34.2 Å². The maximum absolute atomic E-state index is 11.6. The molecule has 0 aromatic rings. The molecular formula is C11H14N4O5. The van der Waals surface area contributed by atoms with Crippen molar-refractivity contribution >= 4 is 12.0 Å². The van der Waals surface area contributed by atoms with Gasteiger partial charge in [0.05, 0.1) is 4.92 Å². The van der Waals surface area contributed by atoms with E-state index in [2.05, 4.69) is 17.2 Å². The van der Waals surface area contributed by atoms with Gasteiger partial charge < -0.3 is 21.5 Å². The van der Waals surface area contributed by atoms with Gasteiger partial charge in [-0.3, -0.25) is 14.9 Å². The third-order valence-corrected chi connectivity index (χ3v) is 2.57. The van der Waals surface area contributed by atoms with Crippen LogP contribution in [0.25, 0.3) is 0 Å². The van der Waals surface area contributed by atoms with Gasteiger partial charge >= 0.3 is 12.0 Å². The highest BCUT2D eigenvalue weighted by Gasteiger charge is 2.42. The van der Waals surface area contributed by atoms with Gasteiger partial charge in [-0.15, -0.1) is 6.58 Å². The molecule has 5 N–H and O–H groups in total. The summed E-state index contributed by atoms with van der Waals surface area (Å²) in [5, 5.41) is 24.3. The standard InChI is InChI=1S/C11H14N4O5/c1-2-5-13-10(18)14-11(12)6-7(15(19)20)3-4-8(11)9(16)17/h2-4,6,8H,1,5,12H2,(H,16,17)(H2,13,14,18). The highest BCUT2D eigenvalue weighted by Crippen LogP contribution is 2.23. The van der Waals surface area contributed by atoms with E-state index >= 15 is 0 Å². The molecule has 108 valence electrons. The van der Waals surface area contributed by atoms with Crippen LogP contribution in [0.3, 0.4) is 0 Å². The molecule has 0 spiro atoms. The minimum Gasteiger partial charge on any atom is -0.481 e. The molecule has 0 saturated carbocycles. The predicted molar refractivity (Wildman–Crippen MR) is 69.0 cm³/mol. The topological polar surface area (TPSA) is 148 Å². The number of nitrogens with two attached hydrogens (primary N) is 1. The molecule has 0 aliphatic heterocycles. The number of carbonyl (C=O) groups excluding carboxylic acids is 1. The van der Waals surface area contributed by atoms with E-state index in [1.807, 2.05) is 0 Å². The minimum absolute atomic E-state index is 0.140. The number of nitrogens with zero attached hydrogens (tertiary/aromatic N) is 1. The van der Waals surface area contributed by atoms with Crippen molar-refractivity contribution in [1.29, 1.82) is 0 Å². The maximum atomic E-state index is 11.6. The molecule has 0 saturated heterocycles. The fraction of sp³-hybridized carbons (Fsp3) is 0.273. The normalized spacial score (nSPS) is 24.4. The molecule has 20 heavy (non-hydrogen) atoms. The van der Waals surface area contributed by atoms with E-state index in [1.165, 1.54) is 6.08 Å². The van der Waals surface area contributed by atoms with Crippen molar-refractivity contribution in [2.24, 2.45) is 11.7 Å². The van der Waals surface area contributed by atoms with Crippen molar-refractivity contribution in [3.05, 3.63) is 46.7 Å². The number of allylic oxidation sites excluding steroid dienone is 1. The summed E-state index contributed by atoms with van der Waals surface area (Å²) >= 11 is 0. The lowest BCUT2D eigenvalue weighted by Gasteiger charge is -2.32. The Labute approximate surface area is 114 Å². The maximum Gasteiger partial charge on any atom is 0.316 e. The monoisotopic (exact) mass is 282 g/mol. The molecule has 1 rings (SSSR count). The number of carboxylic acid groups (broad SMARTS) is 1. The molecule has 2 amide bonds. The molecular weight excluding hydrogens is 268 g/mol. The Hall–Kier alpha value is -2.68. The third kappa shape index (κ3) is 3.42. The minimum atomic E-state index is -1.89. The van der Waals surface area contributed by atoms with E-state index in [9.17, 15) is 19.7 Å². The molecule has 0 bridgehead atoms. The van der Waals surface area contributed by atoms with Crippen molar-refractivity contribution in [3.63, 3.8) is 0 Å². The van der Waals surface area contributed by atoms with Gasteiger partial charge in [0, 0.05) is 18.7 Å². The Bertz CT molecular complexity index is 513. The molecule has 2 unspecified atom stereocenters. The van der Waals surface area contributed by atoms with E-state index in [0.717, 1.165) is 18.2 Å². The number of amides is 2. The number of urea groups is 1. The van der Waals surface area contributed by atoms with Crippen LogP contribution in [-0.4, -0.2) is 34.2 Å². The molecule has 0 heterocycles. The first kappa shape index (κ1) is 15.4. The average molecular weight is 282 g/mol. The second-order valence-corrected chi connectivity index (χ2v) is 4.06. The predicted octanol–water partition coefficient (Wildman–Crippen LogP) is -0.442. The summed E-state index contributed by atoms with van der Waals surface area (Å²) in [6, 6.07) is -0.757. The van der Waals surface area contributed by atoms with Crippen molar-refractivity contribution < 1.29 is 19.6 Å². The van der Waals surface area contributed by atoms with Gasteiger partial charge in [-0.25, -0.2) is 4.79 Å². The Morgan fingerprint density at radius 1 is 1.65 bits per heavy atom. The van der Waals surface area contributed by atoms with Crippen LogP contribution in [0.5, 0.6) is 0 Å². The van der Waals surface area contributed by atoms with Gasteiger partial charge in [0.25, 0.3) is 5.70 Å². The van der Waals surface area contributed by atoms with E-state index in [4.69, 9.17) is 10.8 Å². The van der Waals surface area contributed by atoms with Gasteiger partial charge in [-0.2, -0.15) is 0 Å². The first-order valence-electron chi connectivity index (χ1n) is 5.54. The zero-order valence-corrected chi connectivity index (χ0v) is 10.4. The summed E-state index contributed by atoms with van der Waals surface area (Å²) in [5.41, 5.74) is 3.51. The molecule has 1 aliphatic rings. The van der Waals surface area contributed by atoms with Crippen LogP contribution in [0.2, 0.25) is 0 Å². The lowest BCUT2D eigenvalue weighted by Crippen LogP contribution is -2.63. The number of nitrogens with one attached hydrogen (secondary N) is 2. The average Bonchev–Trinajstić information content (AvgIpc) is 2.35. The van der Waals surface area contributed by atoms with E-state index in [-0.39, 0.29) is 6.54 Å². The van der Waals surface area contributed by atoms with Crippen molar-refractivity contribution in [1.82, 2.24) is 10.6 Å². The summed E-state index contributed by atoms with van der Waals surface area (Å²) in [7, 11) is 0. The second-order valence-electron chi connectivity index (χ2n) is 4.06. The van der Waals surface area contributed by atoms with Crippen molar-refractivity contribution in [2.45, 2.75) is 5.66 Å². The van der Waals surface area contributed by atoms with E-state index in [0.29, 0.717) is 0 Å². The summed E-state index contributed by atoms with van der Waals surface area (Å²) in [5.74, 6) is -2.63. The summed E-state index contributed by atoms with van der Waals surface area (Å²) in [6.45, 7) is 3.54. The second kappa shape index (κ2) is 5.97. The lowest BCUT2D eigenvalue weighted by atomic mass is 9.88. The quantitative estimate of drug-likeness (QED) is 0.232. The number of hydrogen-bond donors (Lipinski definition) is 4. The summed E-state index contributed by atoms with van der Waals surface area (Å²) in [4.78, 5) is 32.7. The van der Waals surface area contributed by atoms with Gasteiger partial charge in [0.1, 0.15) is 11.6 Å². The molecule has 9 nitrogen and oxygen atoms in total. The van der Waals surface area contributed by atoms with Crippen LogP contribution in [0.1, 0.15) is 0 Å². The van der Waals surface area contributed by atoms with Crippen LogP contribution >= 0.6 is 0 Å². The third-order valence-electron chi connectivity index (χ3n) is 2.57. The smallest absolute Gasteiger partial charge is 0.316 e. The molecule has 1 aliphatic carbocycles. The molecule has 2 atom stereocenters. The van der Waals surface area contributed by atoms with Crippen LogP contribution < -0.4 is 16.4 Å². The number of carboxylic acids is 1. The Balaban J connectivity index is 3.01. The Morgan fingerprint density at radius 2 is 2.30 bits per heavy atom. The van der Waals surface area contributed by atoms with Crippen LogP contribution in [-0.2, 0) is 4.79 Å². The van der Waals surface area contributed by atoms with Gasteiger partial charge in [0.15, 0.2) is 0 Å². The number of nitro groups is 1. The van der Waals surface area contributed by atoms with Gasteiger partial charge in [-0.1, -0.05) is 12.2 Å². The first-order chi connectivity index (χ1) is 9.30. The molecule has 0 aromatic heterocycles. The number of hydrogen-bond acceptors (Lipinski definition) is 5. The lowest BCUT2D eigenvalue weighted by molar-refractivity contribution is -0.420. The first-order valence-corrected chi connectivity index (χ1v) is 5.54. The SMILES string of the molecule is C=CCNC(=O)NC1(N)C=C([N+](=O)[O-])C=CC1C(=O)O. The summed E-state index contributed by atoms with van der Waals surface area (Å²) < 4.78 is 0. The van der Waals surface area contributed by atoms with Gasteiger partial charge in [-0.05, 0) is 0 Å². The Morgan fingerprint density at radius 3 is 2.80 bits per heavy atom. The fourth-order valence-electron chi connectivity index (χ4n) is 1.66. The molecule has 9 heteroatoms. The highest BCUT2D eigenvalue weighted by molar-refractivity contribution is 5.80. The molecule has 0 aromatic carbocycles. The van der Waals surface area contributed by atoms with Crippen LogP contribution in [0.4, 0.5) is 4.79 Å². The summed E-state index contributed by atoms with van der Waals surface area (Å²) in [6.07, 6.45) is 4.41. The largest absolute Gasteiger partial charge is 0.481 e. The van der Waals surface area contributed by atoms with Crippen LogP contribution in [0, 0.1) is 16.0 Å².